The van der Waals surface area contributed by atoms with Crippen molar-refractivity contribution in [2.75, 3.05) is 6.54 Å². The minimum Gasteiger partial charge on any atom is -0.392 e. The zero-order valence-corrected chi connectivity index (χ0v) is 12.0. The molecule has 0 saturated heterocycles. The number of rotatable bonds is 5. The molecule has 0 aromatic heterocycles. The van der Waals surface area contributed by atoms with Crippen molar-refractivity contribution < 1.29 is 4.79 Å². The number of carbonyl (C=O) groups is 1. The lowest BCUT2D eigenvalue weighted by molar-refractivity contribution is -0.139. The molecule has 0 radical (unpaired) electrons. The van der Waals surface area contributed by atoms with Gasteiger partial charge in [0.1, 0.15) is 0 Å². The zero-order chi connectivity index (χ0) is 13.1. The Labute approximate surface area is 104 Å². The largest absolute Gasteiger partial charge is 0.392 e. The summed E-state index contributed by atoms with van der Waals surface area (Å²) >= 11 is 4.96. The second kappa shape index (κ2) is 5.62. The standard InChI is InChI=1S/C12H24N2OS/c1-8(2)7-14(9(3)4)11(15)12(5,6)10(13)16/h8-9H,7H2,1-6H3,(H2,13,16). The van der Waals surface area contributed by atoms with Crippen LogP contribution in [-0.2, 0) is 4.79 Å². The summed E-state index contributed by atoms with van der Waals surface area (Å²) in [6.07, 6.45) is 0. The highest BCUT2D eigenvalue weighted by atomic mass is 32.1. The molecule has 0 unspecified atom stereocenters. The van der Waals surface area contributed by atoms with Gasteiger partial charge in [-0.3, -0.25) is 4.79 Å². The molecule has 0 fully saturated rings. The van der Waals surface area contributed by atoms with Crippen LogP contribution < -0.4 is 5.73 Å². The van der Waals surface area contributed by atoms with Crippen LogP contribution in [0.25, 0.3) is 0 Å². The van der Waals surface area contributed by atoms with E-state index in [9.17, 15) is 4.79 Å². The molecular formula is C12H24N2OS. The summed E-state index contributed by atoms with van der Waals surface area (Å²) in [4.78, 5) is 14.4. The van der Waals surface area contributed by atoms with E-state index in [1.165, 1.54) is 0 Å². The van der Waals surface area contributed by atoms with E-state index in [0.717, 1.165) is 6.54 Å². The highest BCUT2D eigenvalue weighted by molar-refractivity contribution is 7.80. The molecule has 1 amide bonds. The summed E-state index contributed by atoms with van der Waals surface area (Å²) in [7, 11) is 0. The van der Waals surface area contributed by atoms with E-state index < -0.39 is 5.41 Å². The van der Waals surface area contributed by atoms with Gasteiger partial charge in [0, 0.05) is 12.6 Å². The van der Waals surface area contributed by atoms with Gasteiger partial charge in [0.15, 0.2) is 0 Å². The Kier molecular flexibility index (Phi) is 5.39. The van der Waals surface area contributed by atoms with Gasteiger partial charge in [0.2, 0.25) is 5.91 Å². The predicted molar refractivity (Wildman–Crippen MR) is 72.3 cm³/mol. The summed E-state index contributed by atoms with van der Waals surface area (Å²) < 4.78 is 0. The molecule has 0 aliphatic rings. The number of thiocarbonyl (C=S) groups is 1. The van der Waals surface area contributed by atoms with Crippen LogP contribution in [0.2, 0.25) is 0 Å². The van der Waals surface area contributed by atoms with Gasteiger partial charge in [0.05, 0.1) is 10.4 Å². The Hall–Kier alpha value is -0.640. The molecule has 0 atom stereocenters. The first-order valence-corrected chi connectivity index (χ1v) is 6.12. The smallest absolute Gasteiger partial charge is 0.235 e. The second-order valence-electron chi connectivity index (χ2n) is 5.43. The van der Waals surface area contributed by atoms with E-state index in [1.807, 2.05) is 18.7 Å². The van der Waals surface area contributed by atoms with E-state index in [0.29, 0.717) is 5.92 Å². The van der Waals surface area contributed by atoms with E-state index in [-0.39, 0.29) is 16.9 Å². The third kappa shape index (κ3) is 3.74. The average Bonchev–Trinajstić information content (AvgIpc) is 2.11. The number of nitrogens with two attached hydrogens (primary N) is 1. The van der Waals surface area contributed by atoms with Crippen molar-refractivity contribution in [1.29, 1.82) is 0 Å². The number of nitrogens with zero attached hydrogens (tertiary/aromatic N) is 1. The molecule has 0 aliphatic heterocycles. The molecule has 0 spiro atoms. The van der Waals surface area contributed by atoms with Gasteiger partial charge in [-0.2, -0.15) is 0 Å². The van der Waals surface area contributed by atoms with Crippen molar-refractivity contribution in [3.8, 4) is 0 Å². The molecule has 0 aliphatic carbocycles. The van der Waals surface area contributed by atoms with Gasteiger partial charge < -0.3 is 10.6 Å². The van der Waals surface area contributed by atoms with Crippen molar-refractivity contribution in [3.05, 3.63) is 0 Å². The fourth-order valence-electron chi connectivity index (χ4n) is 1.39. The maximum absolute atomic E-state index is 12.3. The quantitative estimate of drug-likeness (QED) is 0.754. The van der Waals surface area contributed by atoms with Crippen LogP contribution in [0, 0.1) is 11.3 Å². The van der Waals surface area contributed by atoms with Gasteiger partial charge in [0.25, 0.3) is 0 Å². The van der Waals surface area contributed by atoms with Crippen LogP contribution in [0.5, 0.6) is 0 Å². The van der Waals surface area contributed by atoms with E-state index >= 15 is 0 Å². The lowest BCUT2D eigenvalue weighted by atomic mass is 9.90. The third-order valence-corrected chi connectivity index (χ3v) is 3.11. The molecule has 16 heavy (non-hydrogen) atoms. The van der Waals surface area contributed by atoms with Crippen molar-refractivity contribution in [3.63, 3.8) is 0 Å². The first kappa shape index (κ1) is 15.4. The van der Waals surface area contributed by atoms with Crippen molar-refractivity contribution >= 4 is 23.1 Å². The topological polar surface area (TPSA) is 46.3 Å². The monoisotopic (exact) mass is 244 g/mol. The van der Waals surface area contributed by atoms with Crippen LogP contribution in [0.4, 0.5) is 0 Å². The second-order valence-corrected chi connectivity index (χ2v) is 5.87. The summed E-state index contributed by atoms with van der Waals surface area (Å²) in [6, 6.07) is 0.170. The Morgan fingerprint density at radius 2 is 1.75 bits per heavy atom. The average molecular weight is 244 g/mol. The number of amides is 1. The van der Waals surface area contributed by atoms with E-state index in [4.69, 9.17) is 18.0 Å². The van der Waals surface area contributed by atoms with Crippen LogP contribution >= 0.6 is 12.2 Å². The maximum atomic E-state index is 12.3. The fourth-order valence-corrected chi connectivity index (χ4v) is 1.47. The molecule has 4 heteroatoms. The summed E-state index contributed by atoms with van der Waals surface area (Å²) in [6.45, 7) is 12.5. The van der Waals surface area contributed by atoms with Crippen molar-refractivity contribution in [1.82, 2.24) is 4.90 Å². The predicted octanol–water partition coefficient (Wildman–Crippen LogP) is 2.19. The molecule has 0 rings (SSSR count). The van der Waals surface area contributed by atoms with Crippen molar-refractivity contribution in [2.24, 2.45) is 17.1 Å². The molecule has 3 nitrogen and oxygen atoms in total. The Balaban J connectivity index is 4.95. The number of carbonyl (C=O) groups excluding carboxylic acids is 1. The van der Waals surface area contributed by atoms with Crippen LogP contribution in [0.1, 0.15) is 41.5 Å². The number of hydrogen-bond donors (Lipinski definition) is 1. The molecule has 0 saturated carbocycles. The number of hydrogen-bond acceptors (Lipinski definition) is 2. The Bertz CT molecular complexity index is 272. The highest BCUT2D eigenvalue weighted by Crippen LogP contribution is 2.21. The SMILES string of the molecule is CC(C)CN(C(=O)C(C)(C)C(N)=S)C(C)C. The lowest BCUT2D eigenvalue weighted by Crippen LogP contribution is -2.50. The van der Waals surface area contributed by atoms with Crippen LogP contribution in [-0.4, -0.2) is 28.4 Å². The first-order valence-electron chi connectivity index (χ1n) is 5.71. The van der Waals surface area contributed by atoms with Gasteiger partial charge in [-0.25, -0.2) is 0 Å². The first-order chi connectivity index (χ1) is 7.10. The normalized spacial score (nSPS) is 12.0. The summed E-state index contributed by atoms with van der Waals surface area (Å²) in [5.41, 5.74) is 4.87. The van der Waals surface area contributed by atoms with Crippen molar-refractivity contribution in [2.45, 2.75) is 47.6 Å². The molecule has 2 N–H and O–H groups in total. The zero-order valence-electron chi connectivity index (χ0n) is 11.2. The molecule has 0 heterocycles. The fraction of sp³-hybridized carbons (Fsp3) is 0.833. The maximum Gasteiger partial charge on any atom is 0.235 e. The van der Waals surface area contributed by atoms with Gasteiger partial charge >= 0.3 is 0 Å². The Morgan fingerprint density at radius 3 is 2.00 bits per heavy atom. The summed E-state index contributed by atoms with van der Waals surface area (Å²) in [5, 5.41) is 0. The lowest BCUT2D eigenvalue weighted by Gasteiger charge is -2.35. The molecular weight excluding hydrogens is 220 g/mol. The van der Waals surface area contributed by atoms with E-state index in [1.54, 1.807) is 13.8 Å². The van der Waals surface area contributed by atoms with Crippen LogP contribution in [0.3, 0.4) is 0 Å². The van der Waals surface area contributed by atoms with Gasteiger partial charge in [-0.1, -0.05) is 26.1 Å². The van der Waals surface area contributed by atoms with Crippen LogP contribution in [0.15, 0.2) is 0 Å². The minimum absolute atomic E-state index is 0.0173. The Morgan fingerprint density at radius 1 is 1.31 bits per heavy atom. The molecule has 0 bridgehead atoms. The molecule has 94 valence electrons. The van der Waals surface area contributed by atoms with E-state index in [2.05, 4.69) is 13.8 Å². The van der Waals surface area contributed by atoms with Gasteiger partial charge in [-0.05, 0) is 33.6 Å². The molecule has 0 aromatic carbocycles. The molecule has 0 aromatic rings. The highest BCUT2D eigenvalue weighted by Gasteiger charge is 2.35. The summed E-state index contributed by atoms with van der Waals surface area (Å²) in [5.74, 6) is 0.456. The van der Waals surface area contributed by atoms with Gasteiger partial charge in [-0.15, -0.1) is 0 Å². The minimum atomic E-state index is -0.755. The third-order valence-electron chi connectivity index (χ3n) is 2.60.